The van der Waals surface area contributed by atoms with Crippen LogP contribution in [0, 0.1) is 17.2 Å². The lowest BCUT2D eigenvalue weighted by Crippen LogP contribution is -2.11. The molecule has 134 valence electrons. The largest absolute Gasteiger partial charge is 0.382 e. The van der Waals surface area contributed by atoms with Crippen LogP contribution >= 0.6 is 23.1 Å². The van der Waals surface area contributed by atoms with Crippen LogP contribution in [0.2, 0.25) is 0 Å². The number of hydrogen-bond acceptors (Lipinski definition) is 7. The summed E-state index contributed by atoms with van der Waals surface area (Å²) in [5.41, 5.74) is 7.88. The number of aromatic nitrogens is 4. The number of nitrogens with two attached hydrogens (primary N) is 1. The van der Waals surface area contributed by atoms with Crippen LogP contribution in [0.25, 0.3) is 16.0 Å². The molecular formula is C18H20N6S2. The molecule has 0 aliphatic heterocycles. The number of thioether (sulfide) groups is 1. The molecule has 2 N–H and O–H groups in total. The molecule has 1 aliphatic carbocycles. The van der Waals surface area contributed by atoms with E-state index in [2.05, 4.69) is 25.0 Å². The minimum atomic E-state index is 0.336. The first kappa shape index (κ1) is 17.3. The molecule has 0 unspecified atom stereocenters. The van der Waals surface area contributed by atoms with Gasteiger partial charge in [-0.05, 0) is 37.2 Å². The summed E-state index contributed by atoms with van der Waals surface area (Å²) in [5, 5.41) is 15.4. The minimum absolute atomic E-state index is 0.336. The average Bonchev–Trinajstić information content (AvgIpc) is 3.19. The predicted octanol–water partition coefficient (Wildman–Crippen LogP) is 3.96. The van der Waals surface area contributed by atoms with Gasteiger partial charge < -0.3 is 5.73 Å². The zero-order chi connectivity index (χ0) is 18.3. The summed E-state index contributed by atoms with van der Waals surface area (Å²) in [7, 11) is 0. The Hall–Kier alpha value is -2.11. The molecule has 4 rings (SSSR count). The Kier molecular flexibility index (Phi) is 4.59. The van der Waals surface area contributed by atoms with Crippen molar-refractivity contribution in [2.24, 2.45) is 5.92 Å². The molecule has 0 aromatic carbocycles. The fourth-order valence-corrected chi connectivity index (χ4v) is 5.30. The van der Waals surface area contributed by atoms with Crippen LogP contribution in [0.1, 0.15) is 42.7 Å². The van der Waals surface area contributed by atoms with E-state index in [1.165, 1.54) is 23.1 Å². The van der Waals surface area contributed by atoms with Crippen molar-refractivity contribution in [1.82, 2.24) is 19.7 Å². The van der Waals surface area contributed by atoms with E-state index < -0.39 is 0 Å². The van der Waals surface area contributed by atoms with Gasteiger partial charge in [-0.2, -0.15) is 15.0 Å². The monoisotopic (exact) mass is 384 g/mol. The lowest BCUT2D eigenvalue weighted by atomic mass is 9.88. The maximum atomic E-state index is 9.23. The van der Waals surface area contributed by atoms with E-state index in [-0.39, 0.29) is 0 Å². The van der Waals surface area contributed by atoms with E-state index >= 15 is 0 Å². The van der Waals surface area contributed by atoms with E-state index in [4.69, 9.17) is 15.7 Å². The Morgan fingerprint density at radius 1 is 1.46 bits per heavy atom. The third-order valence-electron chi connectivity index (χ3n) is 4.67. The molecule has 0 saturated carbocycles. The van der Waals surface area contributed by atoms with Crippen LogP contribution in [0.15, 0.2) is 11.4 Å². The van der Waals surface area contributed by atoms with Crippen molar-refractivity contribution in [1.29, 1.82) is 5.26 Å². The Bertz CT molecular complexity index is 1010. The molecule has 1 atom stereocenters. The average molecular weight is 385 g/mol. The smallest absolute Gasteiger partial charge is 0.190 e. The zero-order valence-corrected chi connectivity index (χ0v) is 16.5. The lowest BCUT2D eigenvalue weighted by Gasteiger charge is -2.18. The normalized spacial score (nSPS) is 16.6. The zero-order valence-electron chi connectivity index (χ0n) is 14.8. The van der Waals surface area contributed by atoms with Gasteiger partial charge in [0.1, 0.15) is 22.3 Å². The highest BCUT2D eigenvalue weighted by molar-refractivity contribution is 7.99. The van der Waals surface area contributed by atoms with Crippen molar-refractivity contribution in [2.45, 2.75) is 44.7 Å². The number of aryl methyl sites for hydroxylation is 1. The number of nitrogen functional groups attached to an aromatic ring is 1. The second kappa shape index (κ2) is 6.89. The Morgan fingerprint density at radius 2 is 2.31 bits per heavy atom. The molecule has 0 radical (unpaired) electrons. The molecule has 3 heterocycles. The highest BCUT2D eigenvalue weighted by atomic mass is 32.2. The quantitative estimate of drug-likeness (QED) is 0.540. The fraction of sp³-hybridized carbons (Fsp3) is 0.444. The Balaban J connectivity index is 1.97. The van der Waals surface area contributed by atoms with Crippen molar-refractivity contribution in [2.75, 3.05) is 11.5 Å². The maximum absolute atomic E-state index is 9.23. The number of nitrogens with zero attached hydrogens (tertiary/aromatic N) is 5. The lowest BCUT2D eigenvalue weighted by molar-refractivity contribution is 0.508. The molecule has 0 amide bonds. The third-order valence-corrected chi connectivity index (χ3v) is 6.91. The van der Waals surface area contributed by atoms with Crippen LogP contribution in [0.4, 0.5) is 5.82 Å². The van der Waals surface area contributed by atoms with Crippen molar-refractivity contribution in [3.05, 3.63) is 22.2 Å². The van der Waals surface area contributed by atoms with Gasteiger partial charge in [-0.15, -0.1) is 11.3 Å². The van der Waals surface area contributed by atoms with E-state index in [0.29, 0.717) is 23.1 Å². The SMILES string of the molecule is CCCSc1nc(-n2ncc(C#N)c2N)c2c3c(sc2n1)CC[C@@H](C)C3. The fourth-order valence-electron chi connectivity index (χ4n) is 3.34. The standard InChI is InChI=1S/C18H20N6S2/c1-3-6-25-18-22-16(24-15(20)11(8-19)9-21-24)14-12-7-10(2)4-5-13(12)26-17(14)23-18/h9-10H,3-7,20H2,1-2H3/t10-/m1/s1. The van der Waals surface area contributed by atoms with Gasteiger partial charge >= 0.3 is 0 Å². The molecule has 0 saturated heterocycles. The summed E-state index contributed by atoms with van der Waals surface area (Å²) in [5.74, 6) is 2.65. The van der Waals surface area contributed by atoms with Crippen LogP contribution < -0.4 is 5.73 Å². The van der Waals surface area contributed by atoms with E-state index in [1.807, 2.05) is 0 Å². The van der Waals surface area contributed by atoms with Gasteiger partial charge in [0.25, 0.3) is 0 Å². The number of thiophene rings is 1. The van der Waals surface area contributed by atoms with Crippen molar-refractivity contribution in [3.63, 3.8) is 0 Å². The molecule has 1 aliphatic rings. The van der Waals surface area contributed by atoms with Gasteiger partial charge in [-0.1, -0.05) is 25.6 Å². The third kappa shape index (κ3) is 2.85. The highest BCUT2D eigenvalue weighted by Gasteiger charge is 2.26. The Morgan fingerprint density at radius 3 is 3.04 bits per heavy atom. The molecule has 6 nitrogen and oxygen atoms in total. The molecule has 0 spiro atoms. The molecule has 3 aromatic rings. The number of anilines is 1. The molecule has 26 heavy (non-hydrogen) atoms. The van der Waals surface area contributed by atoms with Crippen molar-refractivity contribution >= 4 is 39.1 Å². The van der Waals surface area contributed by atoms with E-state index in [9.17, 15) is 5.26 Å². The molecular weight excluding hydrogens is 364 g/mol. The first-order valence-electron chi connectivity index (χ1n) is 8.81. The summed E-state index contributed by atoms with van der Waals surface area (Å²) in [6.07, 6.45) is 5.89. The van der Waals surface area contributed by atoms with E-state index in [0.717, 1.165) is 40.4 Å². The van der Waals surface area contributed by atoms with Crippen LogP contribution in [0.3, 0.4) is 0 Å². The second-order valence-electron chi connectivity index (χ2n) is 6.68. The van der Waals surface area contributed by atoms with Crippen molar-refractivity contribution in [3.8, 4) is 11.9 Å². The topological polar surface area (TPSA) is 93.4 Å². The first-order chi connectivity index (χ1) is 12.6. The molecule has 0 fully saturated rings. The summed E-state index contributed by atoms with van der Waals surface area (Å²) in [6, 6.07) is 2.09. The molecule has 8 heteroatoms. The van der Waals surface area contributed by atoms with Gasteiger partial charge in [0.05, 0.1) is 11.6 Å². The first-order valence-corrected chi connectivity index (χ1v) is 10.6. The minimum Gasteiger partial charge on any atom is -0.382 e. The van der Waals surface area contributed by atoms with Crippen molar-refractivity contribution < 1.29 is 0 Å². The van der Waals surface area contributed by atoms with E-state index in [1.54, 1.807) is 27.8 Å². The highest BCUT2D eigenvalue weighted by Crippen LogP contribution is 2.40. The summed E-state index contributed by atoms with van der Waals surface area (Å²) in [6.45, 7) is 4.43. The number of rotatable bonds is 4. The second-order valence-corrected chi connectivity index (χ2v) is 8.82. The van der Waals surface area contributed by atoms with Gasteiger partial charge in [-0.25, -0.2) is 9.97 Å². The summed E-state index contributed by atoms with van der Waals surface area (Å²) in [4.78, 5) is 12.0. The van der Waals surface area contributed by atoms with Gasteiger partial charge in [0.2, 0.25) is 0 Å². The number of nitriles is 1. The molecule has 0 bridgehead atoms. The predicted molar refractivity (Wildman–Crippen MR) is 106 cm³/mol. The van der Waals surface area contributed by atoms with Gasteiger partial charge in [0.15, 0.2) is 11.0 Å². The number of fused-ring (bicyclic) bond motifs is 3. The number of hydrogen-bond donors (Lipinski definition) is 1. The van der Waals surface area contributed by atoms with Crippen LogP contribution in [-0.2, 0) is 12.8 Å². The van der Waals surface area contributed by atoms with Crippen LogP contribution in [-0.4, -0.2) is 25.5 Å². The Labute approximate surface area is 160 Å². The van der Waals surface area contributed by atoms with Crippen LogP contribution in [0.5, 0.6) is 0 Å². The van der Waals surface area contributed by atoms with Gasteiger partial charge in [0, 0.05) is 10.6 Å². The summed E-state index contributed by atoms with van der Waals surface area (Å²) >= 11 is 3.41. The summed E-state index contributed by atoms with van der Waals surface area (Å²) < 4.78 is 1.60. The van der Waals surface area contributed by atoms with Gasteiger partial charge in [-0.3, -0.25) is 0 Å². The molecule has 3 aromatic heterocycles. The maximum Gasteiger partial charge on any atom is 0.190 e.